The lowest BCUT2D eigenvalue weighted by molar-refractivity contribution is 1.20. The van der Waals surface area contributed by atoms with E-state index >= 15 is 0 Å². The van der Waals surface area contributed by atoms with Crippen molar-refractivity contribution in [1.29, 1.82) is 10.8 Å². The van der Waals surface area contributed by atoms with Gasteiger partial charge in [-0.05, 0) is 40.5 Å². The second-order valence-electron chi connectivity index (χ2n) is 3.14. The molecule has 5 nitrogen and oxygen atoms in total. The minimum absolute atomic E-state index is 0.112. The molecule has 0 saturated carbocycles. The predicted molar refractivity (Wildman–Crippen MR) is 70.3 cm³/mol. The first-order chi connectivity index (χ1) is 7.40. The Morgan fingerprint density at radius 1 is 1.44 bits per heavy atom. The lowest BCUT2D eigenvalue weighted by Crippen LogP contribution is -2.39. The highest BCUT2D eigenvalue weighted by Crippen LogP contribution is 2.31. The summed E-state index contributed by atoms with van der Waals surface area (Å²) in [5, 5.41) is 20.0. The van der Waals surface area contributed by atoms with Gasteiger partial charge in [-0.15, -0.1) is 0 Å². The number of hydrogen-bond acceptors (Lipinski definition) is 2. The quantitative estimate of drug-likeness (QED) is 0.406. The summed E-state index contributed by atoms with van der Waals surface area (Å²) in [6.45, 7) is 1.92. The third-order valence-electron chi connectivity index (χ3n) is 1.70. The third kappa shape index (κ3) is 3.39. The van der Waals surface area contributed by atoms with Crippen LogP contribution >= 0.6 is 27.5 Å². The summed E-state index contributed by atoms with van der Waals surface area (Å²) in [5.41, 5.74) is 6.66. The van der Waals surface area contributed by atoms with E-state index in [1.165, 1.54) is 0 Å². The maximum atomic E-state index is 7.48. The Morgan fingerprint density at radius 2 is 2.06 bits per heavy atom. The molecule has 0 spiro atoms. The summed E-state index contributed by atoms with van der Waals surface area (Å²) in [5.74, 6) is -0.421. The van der Waals surface area contributed by atoms with E-state index in [4.69, 9.17) is 28.2 Å². The second-order valence-corrected chi connectivity index (χ2v) is 4.40. The Labute approximate surface area is 107 Å². The number of rotatable bonds is 1. The van der Waals surface area contributed by atoms with Crippen LogP contribution in [0.4, 0.5) is 5.69 Å². The van der Waals surface area contributed by atoms with Gasteiger partial charge in [-0.25, -0.2) is 0 Å². The molecule has 0 saturated heterocycles. The number of nitrogens with two attached hydrogens (primary N) is 1. The molecule has 6 N–H and O–H groups in total. The fraction of sp³-hybridized carbons (Fsp3) is 0.111. The van der Waals surface area contributed by atoms with Crippen LogP contribution in [0.5, 0.6) is 0 Å². The van der Waals surface area contributed by atoms with Crippen molar-refractivity contribution in [3.8, 4) is 0 Å². The largest absolute Gasteiger partial charge is 0.370 e. The first kappa shape index (κ1) is 12.8. The van der Waals surface area contributed by atoms with E-state index < -0.39 is 0 Å². The topological polar surface area (TPSA) is 97.8 Å². The van der Waals surface area contributed by atoms with Crippen molar-refractivity contribution in [1.82, 2.24) is 5.32 Å². The average molecular weight is 305 g/mol. The first-order valence-corrected chi connectivity index (χ1v) is 5.49. The molecule has 0 aliphatic rings. The number of hydrogen-bond donors (Lipinski definition) is 5. The van der Waals surface area contributed by atoms with Gasteiger partial charge in [0.2, 0.25) is 0 Å². The van der Waals surface area contributed by atoms with Crippen molar-refractivity contribution in [2.75, 3.05) is 5.32 Å². The molecular formula is C9H11BrClN5. The average Bonchev–Trinajstić information content (AvgIpc) is 2.09. The van der Waals surface area contributed by atoms with E-state index in [9.17, 15) is 0 Å². The number of aryl methyl sites for hydroxylation is 1. The van der Waals surface area contributed by atoms with Crippen LogP contribution in [-0.2, 0) is 0 Å². The number of nitrogens with one attached hydrogen (secondary N) is 4. The van der Waals surface area contributed by atoms with E-state index in [1.54, 1.807) is 6.07 Å². The molecule has 0 aliphatic heterocycles. The van der Waals surface area contributed by atoms with Crippen LogP contribution in [0.15, 0.2) is 16.6 Å². The predicted octanol–water partition coefficient (Wildman–Crippen LogP) is 2.24. The van der Waals surface area contributed by atoms with Crippen molar-refractivity contribution >= 4 is 45.1 Å². The monoisotopic (exact) mass is 303 g/mol. The molecule has 0 amide bonds. The summed E-state index contributed by atoms with van der Waals surface area (Å²) in [6.07, 6.45) is 0. The molecule has 0 bridgehead atoms. The normalized spacial score (nSPS) is 9.69. The molecule has 1 aromatic carbocycles. The van der Waals surface area contributed by atoms with E-state index in [0.717, 1.165) is 10.0 Å². The van der Waals surface area contributed by atoms with E-state index in [0.29, 0.717) is 10.7 Å². The maximum absolute atomic E-state index is 7.48. The van der Waals surface area contributed by atoms with Gasteiger partial charge in [-0.2, -0.15) is 0 Å². The summed E-state index contributed by atoms with van der Waals surface area (Å²) in [7, 11) is 0. The van der Waals surface area contributed by atoms with Crippen molar-refractivity contribution in [2.24, 2.45) is 5.73 Å². The van der Waals surface area contributed by atoms with Crippen LogP contribution in [-0.4, -0.2) is 11.9 Å². The molecule has 0 unspecified atom stereocenters. The minimum Gasteiger partial charge on any atom is -0.370 e. The highest BCUT2D eigenvalue weighted by molar-refractivity contribution is 9.10. The molecule has 0 fully saturated rings. The standard InChI is InChI=1S/C9H11BrClN5/c1-4-2-5(10)7(6(11)3-4)15-9(14)16-8(12)13/h2-3H,1H3,(H6,12,13,14,15,16). The van der Waals surface area contributed by atoms with Gasteiger partial charge in [0.1, 0.15) is 0 Å². The van der Waals surface area contributed by atoms with Crippen LogP contribution in [0.2, 0.25) is 5.02 Å². The summed E-state index contributed by atoms with van der Waals surface area (Å²) >= 11 is 9.35. The van der Waals surface area contributed by atoms with E-state index in [-0.39, 0.29) is 11.9 Å². The van der Waals surface area contributed by atoms with Crippen molar-refractivity contribution < 1.29 is 0 Å². The molecule has 0 radical (unpaired) electrons. The highest BCUT2D eigenvalue weighted by Gasteiger charge is 2.08. The second kappa shape index (κ2) is 5.18. The van der Waals surface area contributed by atoms with Crippen LogP contribution in [0.25, 0.3) is 0 Å². The molecule has 0 atom stereocenters. The van der Waals surface area contributed by atoms with Gasteiger partial charge in [0.15, 0.2) is 11.9 Å². The molecule has 1 aromatic rings. The molecule has 7 heteroatoms. The SMILES string of the molecule is Cc1cc(Cl)c(NC(=N)NC(=N)N)c(Br)c1. The summed E-state index contributed by atoms with van der Waals surface area (Å²) in [6, 6.07) is 3.64. The van der Waals surface area contributed by atoms with Gasteiger partial charge >= 0.3 is 0 Å². The number of anilines is 1. The summed E-state index contributed by atoms with van der Waals surface area (Å²) in [4.78, 5) is 0. The zero-order chi connectivity index (χ0) is 12.3. The Bertz CT molecular complexity index is 423. The van der Waals surface area contributed by atoms with Gasteiger partial charge in [-0.1, -0.05) is 11.6 Å². The van der Waals surface area contributed by atoms with Gasteiger partial charge in [0.25, 0.3) is 0 Å². The van der Waals surface area contributed by atoms with Gasteiger partial charge in [-0.3, -0.25) is 16.1 Å². The molecule has 0 heterocycles. The lowest BCUT2D eigenvalue weighted by atomic mass is 10.2. The molecule has 0 aliphatic carbocycles. The zero-order valence-corrected chi connectivity index (χ0v) is 10.8. The van der Waals surface area contributed by atoms with Crippen molar-refractivity contribution in [2.45, 2.75) is 6.92 Å². The third-order valence-corrected chi connectivity index (χ3v) is 2.62. The molecule has 16 heavy (non-hydrogen) atoms. The number of halogens is 2. The van der Waals surface area contributed by atoms with Gasteiger partial charge < -0.3 is 11.1 Å². The highest BCUT2D eigenvalue weighted by atomic mass is 79.9. The van der Waals surface area contributed by atoms with E-state index in [2.05, 4.69) is 26.6 Å². The zero-order valence-electron chi connectivity index (χ0n) is 8.49. The Kier molecular flexibility index (Phi) is 4.14. The van der Waals surface area contributed by atoms with Gasteiger partial charge in [0, 0.05) is 4.47 Å². The smallest absolute Gasteiger partial charge is 0.199 e. The molecule has 86 valence electrons. The Hall–Kier alpha value is -1.27. The van der Waals surface area contributed by atoms with Crippen LogP contribution in [0, 0.1) is 17.7 Å². The van der Waals surface area contributed by atoms with Crippen LogP contribution in [0.3, 0.4) is 0 Å². The van der Waals surface area contributed by atoms with Crippen LogP contribution in [0.1, 0.15) is 5.56 Å². The van der Waals surface area contributed by atoms with Crippen LogP contribution < -0.4 is 16.4 Å². The Morgan fingerprint density at radius 3 is 2.56 bits per heavy atom. The van der Waals surface area contributed by atoms with E-state index in [1.807, 2.05) is 13.0 Å². The van der Waals surface area contributed by atoms with Crippen molar-refractivity contribution in [3.63, 3.8) is 0 Å². The van der Waals surface area contributed by atoms with Crippen molar-refractivity contribution in [3.05, 3.63) is 27.2 Å². The fourth-order valence-electron chi connectivity index (χ4n) is 1.11. The molecule has 0 aromatic heterocycles. The van der Waals surface area contributed by atoms with Gasteiger partial charge in [0.05, 0.1) is 10.7 Å². The lowest BCUT2D eigenvalue weighted by Gasteiger charge is -2.12. The fourth-order valence-corrected chi connectivity index (χ4v) is 2.22. The maximum Gasteiger partial charge on any atom is 0.199 e. The molecular weight excluding hydrogens is 293 g/mol. The molecule has 1 rings (SSSR count). The first-order valence-electron chi connectivity index (χ1n) is 4.32. The number of guanidine groups is 2. The summed E-state index contributed by atoms with van der Waals surface area (Å²) < 4.78 is 0.743. The Balaban J connectivity index is 2.89. The minimum atomic E-state index is -0.308. The number of benzene rings is 1.